The zero-order chi connectivity index (χ0) is 8.59. The summed E-state index contributed by atoms with van der Waals surface area (Å²) in [6.45, 7) is 1.70. The van der Waals surface area contributed by atoms with Crippen LogP contribution in [0.25, 0.3) is 0 Å². The van der Waals surface area contributed by atoms with Gasteiger partial charge in [-0.2, -0.15) is 0 Å². The normalized spacial score (nSPS) is 10.2. The molecule has 0 atom stereocenters. The van der Waals surface area contributed by atoms with Gasteiger partial charge in [-0.3, -0.25) is 4.79 Å². The van der Waals surface area contributed by atoms with E-state index in [-0.39, 0.29) is 15.9 Å². The molecule has 1 aromatic heterocycles. The SMILES string of the molecule is Cc1c(Cl)nc(Cl)c(=O)n1C. The molecule has 5 heteroatoms. The minimum Gasteiger partial charge on any atom is -0.310 e. The van der Waals surface area contributed by atoms with Crippen LogP contribution in [0, 0.1) is 6.92 Å². The third kappa shape index (κ3) is 1.39. The summed E-state index contributed by atoms with van der Waals surface area (Å²) in [5, 5.41) is 0.167. The number of hydrogen-bond acceptors (Lipinski definition) is 2. The highest BCUT2D eigenvalue weighted by Crippen LogP contribution is 2.10. The average Bonchev–Trinajstić information content (AvgIpc) is 1.97. The van der Waals surface area contributed by atoms with Gasteiger partial charge in [0, 0.05) is 7.05 Å². The minimum atomic E-state index is -0.325. The Bertz CT molecular complexity index is 345. The number of hydrogen-bond donors (Lipinski definition) is 0. The maximum Gasteiger partial charge on any atom is 0.288 e. The number of aromatic nitrogens is 2. The summed E-state index contributed by atoms with van der Waals surface area (Å²) < 4.78 is 1.36. The van der Waals surface area contributed by atoms with Crippen LogP contribution in [0.2, 0.25) is 10.3 Å². The van der Waals surface area contributed by atoms with Gasteiger partial charge in [-0.05, 0) is 6.92 Å². The first kappa shape index (κ1) is 8.56. The average molecular weight is 193 g/mol. The van der Waals surface area contributed by atoms with Gasteiger partial charge in [-0.1, -0.05) is 23.2 Å². The van der Waals surface area contributed by atoms with Crippen LogP contribution in [0.3, 0.4) is 0 Å². The summed E-state index contributed by atoms with van der Waals surface area (Å²) in [6, 6.07) is 0. The summed E-state index contributed by atoms with van der Waals surface area (Å²) in [5.74, 6) is 0. The third-order valence-corrected chi connectivity index (χ3v) is 2.08. The summed E-state index contributed by atoms with van der Waals surface area (Å²) in [5.41, 5.74) is 0.287. The Morgan fingerprint density at radius 2 is 1.91 bits per heavy atom. The molecule has 0 aromatic carbocycles. The Balaban J connectivity index is 3.59. The fraction of sp³-hybridized carbons (Fsp3) is 0.333. The van der Waals surface area contributed by atoms with Crippen LogP contribution in [-0.4, -0.2) is 9.55 Å². The maximum atomic E-state index is 11.1. The molecule has 0 spiro atoms. The second-order valence-electron chi connectivity index (χ2n) is 2.14. The second kappa shape index (κ2) is 2.83. The van der Waals surface area contributed by atoms with Gasteiger partial charge < -0.3 is 4.57 Å². The fourth-order valence-electron chi connectivity index (χ4n) is 0.644. The van der Waals surface area contributed by atoms with E-state index in [1.165, 1.54) is 4.57 Å². The summed E-state index contributed by atoms with van der Waals surface area (Å²) in [4.78, 5) is 14.7. The van der Waals surface area contributed by atoms with Crippen molar-refractivity contribution < 1.29 is 0 Å². The van der Waals surface area contributed by atoms with E-state index in [1.54, 1.807) is 14.0 Å². The first-order valence-electron chi connectivity index (χ1n) is 2.92. The van der Waals surface area contributed by atoms with Crippen LogP contribution in [0.4, 0.5) is 0 Å². The lowest BCUT2D eigenvalue weighted by atomic mass is 10.5. The van der Waals surface area contributed by atoms with Gasteiger partial charge in [0.15, 0.2) is 5.15 Å². The van der Waals surface area contributed by atoms with E-state index in [0.717, 1.165) is 0 Å². The molecule has 1 aromatic rings. The van der Waals surface area contributed by atoms with Crippen molar-refractivity contribution in [3.63, 3.8) is 0 Å². The molecule has 0 aliphatic rings. The van der Waals surface area contributed by atoms with Crippen molar-refractivity contribution in [3.8, 4) is 0 Å². The molecular formula is C6H6Cl2N2O. The molecule has 0 aliphatic heterocycles. The van der Waals surface area contributed by atoms with Crippen LogP contribution in [0.1, 0.15) is 5.69 Å². The largest absolute Gasteiger partial charge is 0.310 e. The first-order valence-corrected chi connectivity index (χ1v) is 3.68. The monoisotopic (exact) mass is 192 g/mol. The van der Waals surface area contributed by atoms with Gasteiger partial charge in [0.05, 0.1) is 5.69 Å². The Morgan fingerprint density at radius 1 is 1.36 bits per heavy atom. The molecule has 0 radical (unpaired) electrons. The predicted octanol–water partition coefficient (Wildman–Crippen LogP) is 1.40. The van der Waals surface area contributed by atoms with Crippen LogP contribution in [0.15, 0.2) is 4.79 Å². The van der Waals surface area contributed by atoms with Crippen molar-refractivity contribution in [3.05, 3.63) is 26.4 Å². The lowest BCUT2D eigenvalue weighted by molar-refractivity contribution is 0.800. The topological polar surface area (TPSA) is 34.9 Å². The highest BCUT2D eigenvalue weighted by Gasteiger charge is 2.06. The van der Waals surface area contributed by atoms with E-state index in [2.05, 4.69) is 4.98 Å². The van der Waals surface area contributed by atoms with Gasteiger partial charge in [0.1, 0.15) is 5.15 Å². The van der Waals surface area contributed by atoms with E-state index in [0.29, 0.717) is 5.69 Å². The Morgan fingerprint density at radius 3 is 2.45 bits per heavy atom. The lowest BCUT2D eigenvalue weighted by Gasteiger charge is -2.03. The van der Waals surface area contributed by atoms with Crippen LogP contribution >= 0.6 is 23.2 Å². The Labute approximate surface area is 73.6 Å². The zero-order valence-corrected chi connectivity index (χ0v) is 7.57. The number of rotatable bonds is 0. The molecule has 60 valence electrons. The zero-order valence-electron chi connectivity index (χ0n) is 6.06. The number of nitrogens with zero attached hydrogens (tertiary/aromatic N) is 2. The molecule has 0 bridgehead atoms. The van der Waals surface area contributed by atoms with E-state index in [4.69, 9.17) is 23.2 Å². The Hall–Kier alpha value is -0.540. The van der Waals surface area contributed by atoms with E-state index < -0.39 is 0 Å². The molecule has 0 fully saturated rings. The second-order valence-corrected chi connectivity index (χ2v) is 2.86. The Kier molecular flexibility index (Phi) is 2.20. The third-order valence-electron chi connectivity index (χ3n) is 1.48. The summed E-state index contributed by atoms with van der Waals surface area (Å²) in [6.07, 6.45) is 0. The molecule has 3 nitrogen and oxygen atoms in total. The molecule has 0 unspecified atom stereocenters. The van der Waals surface area contributed by atoms with E-state index in [1.807, 2.05) is 0 Å². The molecule has 0 N–H and O–H groups in total. The lowest BCUT2D eigenvalue weighted by Crippen LogP contribution is -2.20. The molecule has 0 saturated heterocycles. The van der Waals surface area contributed by atoms with Crippen molar-refractivity contribution in [1.29, 1.82) is 0 Å². The maximum absolute atomic E-state index is 11.1. The van der Waals surface area contributed by atoms with Crippen molar-refractivity contribution in [2.45, 2.75) is 6.92 Å². The van der Waals surface area contributed by atoms with Gasteiger partial charge in [0.2, 0.25) is 0 Å². The van der Waals surface area contributed by atoms with Crippen molar-refractivity contribution >= 4 is 23.2 Å². The van der Waals surface area contributed by atoms with E-state index >= 15 is 0 Å². The van der Waals surface area contributed by atoms with E-state index in [9.17, 15) is 4.79 Å². The molecule has 0 saturated carbocycles. The highest BCUT2D eigenvalue weighted by molar-refractivity contribution is 6.32. The van der Waals surface area contributed by atoms with Crippen molar-refractivity contribution in [1.82, 2.24) is 9.55 Å². The standard InChI is InChI=1S/C6H6Cl2N2O/c1-3-4(7)9-5(8)6(11)10(3)2/h1-2H3. The van der Waals surface area contributed by atoms with Gasteiger partial charge in [0.25, 0.3) is 5.56 Å². The van der Waals surface area contributed by atoms with Gasteiger partial charge in [-0.25, -0.2) is 4.98 Å². The molecule has 1 rings (SSSR count). The van der Waals surface area contributed by atoms with Crippen molar-refractivity contribution in [2.24, 2.45) is 7.05 Å². The quantitative estimate of drug-likeness (QED) is 0.624. The first-order chi connectivity index (χ1) is 5.04. The predicted molar refractivity (Wildman–Crippen MR) is 44.2 cm³/mol. The van der Waals surface area contributed by atoms with Crippen LogP contribution in [0.5, 0.6) is 0 Å². The van der Waals surface area contributed by atoms with Crippen molar-refractivity contribution in [2.75, 3.05) is 0 Å². The smallest absolute Gasteiger partial charge is 0.288 e. The van der Waals surface area contributed by atoms with Crippen LogP contribution in [-0.2, 0) is 7.05 Å². The number of halogens is 2. The van der Waals surface area contributed by atoms with Crippen LogP contribution < -0.4 is 5.56 Å². The molecule has 1 heterocycles. The summed E-state index contributed by atoms with van der Waals surface area (Å²) in [7, 11) is 1.59. The molecular weight excluding hydrogens is 187 g/mol. The molecule has 0 aliphatic carbocycles. The van der Waals surface area contributed by atoms with Gasteiger partial charge >= 0.3 is 0 Å². The molecule has 11 heavy (non-hydrogen) atoms. The summed E-state index contributed by atoms with van der Waals surface area (Å²) >= 11 is 11.1. The highest BCUT2D eigenvalue weighted by atomic mass is 35.5. The minimum absolute atomic E-state index is 0.0944. The fourth-order valence-corrected chi connectivity index (χ4v) is 1.11. The van der Waals surface area contributed by atoms with Gasteiger partial charge in [-0.15, -0.1) is 0 Å². The molecule has 0 amide bonds.